The molecule has 0 spiro atoms. The fourth-order valence-corrected chi connectivity index (χ4v) is 3.55. The standard InChI is InChI=1S/C25H20BFO3/c27-23-18-10-11-19-24(23)29-26(28)30-25(20-12-4-1-5-13-20,21-14-6-2-7-15-21)22-16-8-3-9-17-22/h1-19,28H. The van der Waals surface area contributed by atoms with Gasteiger partial charge in [0.2, 0.25) is 0 Å². The Hall–Kier alpha value is -3.41. The van der Waals surface area contributed by atoms with E-state index in [0.29, 0.717) is 0 Å². The minimum absolute atomic E-state index is 0.0897. The van der Waals surface area contributed by atoms with Gasteiger partial charge in [-0.15, -0.1) is 0 Å². The molecule has 0 fully saturated rings. The zero-order valence-electron chi connectivity index (χ0n) is 16.2. The van der Waals surface area contributed by atoms with Gasteiger partial charge in [0.05, 0.1) is 0 Å². The van der Waals surface area contributed by atoms with Crippen molar-refractivity contribution in [2.45, 2.75) is 5.60 Å². The molecule has 0 saturated carbocycles. The molecular formula is C25H20BFO3. The lowest BCUT2D eigenvalue weighted by atomic mass is 9.79. The molecule has 0 aliphatic rings. The van der Waals surface area contributed by atoms with E-state index in [1.165, 1.54) is 12.1 Å². The van der Waals surface area contributed by atoms with E-state index in [1.54, 1.807) is 12.1 Å². The Kier molecular flexibility index (Phi) is 5.93. The van der Waals surface area contributed by atoms with E-state index < -0.39 is 18.7 Å². The fraction of sp³-hybridized carbons (Fsp3) is 0.0400. The maximum absolute atomic E-state index is 14.1. The normalized spacial score (nSPS) is 11.1. The highest BCUT2D eigenvalue weighted by Gasteiger charge is 2.42. The largest absolute Gasteiger partial charge is 0.711 e. The average Bonchev–Trinajstić information content (AvgIpc) is 2.81. The van der Waals surface area contributed by atoms with Crippen LogP contribution >= 0.6 is 0 Å². The van der Waals surface area contributed by atoms with Gasteiger partial charge in [-0.05, 0) is 28.8 Å². The summed E-state index contributed by atoms with van der Waals surface area (Å²) in [4.78, 5) is 0. The SMILES string of the molecule is OB(Oc1ccccc1F)OC(c1ccccc1)(c1ccccc1)c1ccccc1. The van der Waals surface area contributed by atoms with Gasteiger partial charge in [-0.2, -0.15) is 0 Å². The molecule has 0 atom stereocenters. The van der Waals surface area contributed by atoms with Gasteiger partial charge in [0.25, 0.3) is 0 Å². The lowest BCUT2D eigenvalue weighted by Gasteiger charge is -2.36. The lowest BCUT2D eigenvalue weighted by molar-refractivity contribution is 0.0855. The summed E-state index contributed by atoms with van der Waals surface area (Å²) in [6.45, 7) is 0. The van der Waals surface area contributed by atoms with Crippen molar-refractivity contribution in [1.29, 1.82) is 0 Å². The van der Waals surface area contributed by atoms with E-state index in [2.05, 4.69) is 0 Å². The van der Waals surface area contributed by atoms with Crippen LogP contribution in [0.2, 0.25) is 0 Å². The van der Waals surface area contributed by atoms with E-state index in [0.717, 1.165) is 16.7 Å². The molecule has 1 N–H and O–H groups in total. The van der Waals surface area contributed by atoms with Gasteiger partial charge in [-0.1, -0.05) is 103 Å². The van der Waals surface area contributed by atoms with Crippen molar-refractivity contribution in [3.63, 3.8) is 0 Å². The lowest BCUT2D eigenvalue weighted by Crippen LogP contribution is -2.42. The van der Waals surface area contributed by atoms with Crippen LogP contribution in [0.3, 0.4) is 0 Å². The van der Waals surface area contributed by atoms with Crippen molar-refractivity contribution in [3.8, 4) is 5.75 Å². The summed E-state index contributed by atoms with van der Waals surface area (Å²) in [7, 11) is -1.72. The molecular weight excluding hydrogens is 378 g/mol. The summed E-state index contributed by atoms with van der Waals surface area (Å²) in [6.07, 6.45) is 0. The summed E-state index contributed by atoms with van der Waals surface area (Å²) < 4.78 is 25.7. The Balaban J connectivity index is 1.83. The smallest absolute Gasteiger partial charge is 0.509 e. The van der Waals surface area contributed by atoms with E-state index in [4.69, 9.17) is 9.31 Å². The number of benzene rings is 4. The highest BCUT2D eigenvalue weighted by Crippen LogP contribution is 2.40. The Labute approximate surface area is 175 Å². The van der Waals surface area contributed by atoms with Gasteiger partial charge in [-0.3, -0.25) is 0 Å². The quantitative estimate of drug-likeness (QED) is 0.344. The van der Waals surface area contributed by atoms with E-state index in [-0.39, 0.29) is 5.75 Å². The maximum Gasteiger partial charge on any atom is 0.711 e. The van der Waals surface area contributed by atoms with Crippen LogP contribution in [0.1, 0.15) is 16.7 Å². The second kappa shape index (κ2) is 8.95. The predicted octanol–water partition coefficient (Wildman–Crippen LogP) is 5.19. The van der Waals surface area contributed by atoms with Crippen LogP contribution in [0.15, 0.2) is 115 Å². The monoisotopic (exact) mass is 398 g/mol. The van der Waals surface area contributed by atoms with Crippen molar-refractivity contribution in [1.82, 2.24) is 0 Å². The Morgan fingerprint density at radius 1 is 0.600 bits per heavy atom. The third-order valence-electron chi connectivity index (χ3n) is 4.88. The van der Waals surface area contributed by atoms with Gasteiger partial charge in [0.1, 0.15) is 11.4 Å². The first kappa shape index (κ1) is 19.9. The van der Waals surface area contributed by atoms with Gasteiger partial charge in [0, 0.05) is 0 Å². The first-order valence-electron chi connectivity index (χ1n) is 9.64. The number of para-hydroxylation sites is 1. The molecule has 0 aliphatic carbocycles. The van der Waals surface area contributed by atoms with E-state index in [9.17, 15) is 9.41 Å². The molecule has 0 bridgehead atoms. The Bertz CT molecular complexity index is 978. The summed E-state index contributed by atoms with van der Waals surface area (Å²) in [5.74, 6) is -0.669. The van der Waals surface area contributed by atoms with Crippen LogP contribution in [-0.4, -0.2) is 12.3 Å². The summed E-state index contributed by atoms with van der Waals surface area (Å²) in [5, 5.41) is 10.7. The first-order valence-corrected chi connectivity index (χ1v) is 9.64. The van der Waals surface area contributed by atoms with Crippen molar-refractivity contribution in [2.75, 3.05) is 0 Å². The zero-order chi connectivity index (χ0) is 20.8. The van der Waals surface area contributed by atoms with Gasteiger partial charge >= 0.3 is 7.32 Å². The summed E-state index contributed by atoms with van der Waals surface area (Å²) >= 11 is 0. The topological polar surface area (TPSA) is 38.7 Å². The van der Waals surface area contributed by atoms with Crippen LogP contribution < -0.4 is 4.65 Å². The second-order valence-electron chi connectivity index (χ2n) is 6.75. The van der Waals surface area contributed by atoms with Crippen LogP contribution in [0.25, 0.3) is 0 Å². The molecule has 0 radical (unpaired) electrons. The van der Waals surface area contributed by atoms with Gasteiger partial charge < -0.3 is 14.3 Å². The van der Waals surface area contributed by atoms with E-state index >= 15 is 0 Å². The minimum atomic E-state index is -1.72. The highest BCUT2D eigenvalue weighted by atomic mass is 19.1. The Morgan fingerprint density at radius 2 is 1.00 bits per heavy atom. The minimum Gasteiger partial charge on any atom is -0.509 e. The molecule has 5 heteroatoms. The zero-order valence-corrected chi connectivity index (χ0v) is 16.2. The van der Waals surface area contributed by atoms with Crippen molar-refractivity contribution >= 4 is 7.32 Å². The molecule has 30 heavy (non-hydrogen) atoms. The third kappa shape index (κ3) is 3.99. The predicted molar refractivity (Wildman–Crippen MR) is 115 cm³/mol. The number of hydrogen-bond donors (Lipinski definition) is 1. The van der Waals surface area contributed by atoms with Crippen LogP contribution in [-0.2, 0) is 10.3 Å². The average molecular weight is 398 g/mol. The van der Waals surface area contributed by atoms with Crippen LogP contribution in [0, 0.1) is 5.82 Å². The van der Waals surface area contributed by atoms with Crippen LogP contribution in [0.5, 0.6) is 5.75 Å². The molecule has 3 nitrogen and oxygen atoms in total. The second-order valence-corrected chi connectivity index (χ2v) is 6.75. The highest BCUT2D eigenvalue weighted by molar-refractivity contribution is 6.36. The molecule has 0 amide bonds. The van der Waals surface area contributed by atoms with Gasteiger partial charge in [-0.25, -0.2) is 4.39 Å². The van der Waals surface area contributed by atoms with Crippen molar-refractivity contribution in [3.05, 3.63) is 138 Å². The molecule has 4 aromatic rings. The number of rotatable bonds is 7. The van der Waals surface area contributed by atoms with Crippen LogP contribution in [0.4, 0.5) is 4.39 Å². The fourth-order valence-electron chi connectivity index (χ4n) is 3.55. The molecule has 4 aromatic carbocycles. The molecule has 0 unspecified atom stereocenters. The maximum atomic E-state index is 14.1. The molecule has 0 aliphatic heterocycles. The van der Waals surface area contributed by atoms with Gasteiger partial charge in [0.15, 0.2) is 5.82 Å². The molecule has 0 aromatic heterocycles. The Morgan fingerprint density at radius 3 is 1.43 bits per heavy atom. The summed E-state index contributed by atoms with van der Waals surface area (Å²) in [5.41, 5.74) is 1.24. The molecule has 4 rings (SSSR count). The molecule has 0 heterocycles. The molecule has 0 saturated heterocycles. The first-order chi connectivity index (χ1) is 14.7. The van der Waals surface area contributed by atoms with Crippen molar-refractivity contribution < 1.29 is 18.7 Å². The number of hydrogen-bond acceptors (Lipinski definition) is 3. The number of halogens is 1. The third-order valence-corrected chi connectivity index (χ3v) is 4.88. The summed E-state index contributed by atoms with van der Waals surface area (Å²) in [6, 6.07) is 34.6. The van der Waals surface area contributed by atoms with E-state index in [1.807, 2.05) is 91.0 Å². The van der Waals surface area contributed by atoms with Crippen molar-refractivity contribution in [2.24, 2.45) is 0 Å². The molecule has 148 valence electrons.